The van der Waals surface area contributed by atoms with Crippen molar-refractivity contribution in [1.29, 1.82) is 0 Å². The van der Waals surface area contributed by atoms with E-state index >= 15 is 0 Å². The van der Waals surface area contributed by atoms with Gasteiger partial charge in [0, 0.05) is 75.0 Å². The molecule has 4 aromatic rings. The minimum absolute atomic E-state index is 0.0203. The molecule has 0 aliphatic carbocycles. The minimum atomic E-state index is -4.60. The van der Waals surface area contributed by atoms with E-state index in [2.05, 4.69) is 32.0 Å². The summed E-state index contributed by atoms with van der Waals surface area (Å²) in [6.45, 7) is 5.22. The molecule has 264 valence electrons. The Hall–Kier alpha value is -5.88. The molecule has 0 radical (unpaired) electrons. The number of hydrogen-bond donors (Lipinski definition) is 3. The van der Waals surface area contributed by atoms with Gasteiger partial charge in [0.2, 0.25) is 11.9 Å². The summed E-state index contributed by atoms with van der Waals surface area (Å²) in [6, 6.07) is 12.3. The van der Waals surface area contributed by atoms with Gasteiger partial charge in [-0.05, 0) is 48.5 Å². The molecular weight excluding hydrogens is 665 g/mol. The lowest BCUT2D eigenvalue weighted by atomic mass is 10.1. The molecule has 0 bridgehead atoms. The molecule has 0 atom stereocenters. The third kappa shape index (κ3) is 7.51. The summed E-state index contributed by atoms with van der Waals surface area (Å²) < 4.78 is 44.1. The number of likely N-dealkylation sites (N-methyl/N-ethyl adjacent to an activating group) is 1. The molecule has 2 aliphatic rings. The summed E-state index contributed by atoms with van der Waals surface area (Å²) in [7, 11) is 1.74. The molecule has 2 aromatic heterocycles. The van der Waals surface area contributed by atoms with Crippen LogP contribution in [-0.4, -0.2) is 86.6 Å². The zero-order valence-corrected chi connectivity index (χ0v) is 27.9. The number of piperazine rings is 1. The Morgan fingerprint density at radius 2 is 1.80 bits per heavy atom. The van der Waals surface area contributed by atoms with Crippen molar-refractivity contribution < 1.29 is 32.7 Å². The number of amides is 3. The van der Waals surface area contributed by atoms with Gasteiger partial charge in [0.15, 0.2) is 0 Å². The highest BCUT2D eigenvalue weighted by Gasteiger charge is 2.36. The molecule has 1 fully saturated rings. The zero-order valence-electron chi connectivity index (χ0n) is 27.9. The second-order valence-electron chi connectivity index (χ2n) is 12.3. The van der Waals surface area contributed by atoms with E-state index in [4.69, 9.17) is 5.73 Å². The Kier molecular flexibility index (Phi) is 9.71. The lowest BCUT2D eigenvalue weighted by Crippen LogP contribution is -2.46. The number of carboxylic acid groups (broad SMARTS) is 1. The molecule has 0 unspecified atom stereocenters. The van der Waals surface area contributed by atoms with Crippen molar-refractivity contribution in [2.75, 3.05) is 55.2 Å². The maximum atomic E-state index is 14.1. The molecule has 1 saturated heterocycles. The number of halogens is 3. The first-order valence-electron chi connectivity index (χ1n) is 16.3. The average Bonchev–Trinajstić information content (AvgIpc) is 3.44. The van der Waals surface area contributed by atoms with Crippen LogP contribution in [0, 0.1) is 11.8 Å². The first-order chi connectivity index (χ1) is 24.3. The molecule has 4 N–H and O–H groups in total. The van der Waals surface area contributed by atoms with Crippen LogP contribution in [0.15, 0.2) is 54.7 Å². The highest BCUT2D eigenvalue weighted by atomic mass is 19.4. The van der Waals surface area contributed by atoms with Crippen molar-refractivity contribution in [2.45, 2.75) is 25.9 Å². The van der Waals surface area contributed by atoms with Crippen LogP contribution < -0.4 is 16.0 Å². The Labute approximate surface area is 291 Å². The van der Waals surface area contributed by atoms with Gasteiger partial charge in [-0.3, -0.25) is 9.59 Å². The lowest BCUT2D eigenvalue weighted by Gasteiger charge is -2.36. The van der Waals surface area contributed by atoms with E-state index in [1.165, 1.54) is 18.3 Å². The fraction of sp³-hybridized carbons (Fsp3) is 0.306. The van der Waals surface area contributed by atoms with Crippen molar-refractivity contribution in [3.63, 3.8) is 0 Å². The van der Waals surface area contributed by atoms with E-state index < -0.39 is 29.6 Å². The van der Waals surface area contributed by atoms with Crippen LogP contribution in [0.2, 0.25) is 0 Å². The Bertz CT molecular complexity index is 2080. The van der Waals surface area contributed by atoms with Crippen LogP contribution >= 0.6 is 0 Å². The molecule has 0 saturated carbocycles. The normalized spacial score (nSPS) is 14.9. The Balaban J connectivity index is 1.19. The van der Waals surface area contributed by atoms with Gasteiger partial charge in [-0.2, -0.15) is 13.2 Å². The number of aromatic nitrogens is 3. The third-order valence-corrected chi connectivity index (χ3v) is 9.07. The molecule has 0 spiro atoms. The Morgan fingerprint density at radius 1 is 1.04 bits per heavy atom. The molecule has 4 heterocycles. The SMILES string of the molecule is CCN1CCN(c2ccc(NC(=O)Cc3cccc(C#Cc4cnc(N)nc4-c4cc5c(n4C)CCN(C(=O)O)C5=O)c3)cc2C(F)(F)F)CC1. The molecule has 6 rings (SSSR count). The summed E-state index contributed by atoms with van der Waals surface area (Å²) in [5.74, 6) is 4.93. The summed E-state index contributed by atoms with van der Waals surface area (Å²) in [5, 5.41) is 12.0. The van der Waals surface area contributed by atoms with Gasteiger partial charge in [0.05, 0.1) is 28.8 Å². The van der Waals surface area contributed by atoms with E-state index in [0.29, 0.717) is 66.4 Å². The fourth-order valence-electron chi connectivity index (χ4n) is 6.40. The van der Waals surface area contributed by atoms with E-state index in [1.54, 1.807) is 46.8 Å². The number of carbonyl (C=O) groups excluding carboxylic acids is 2. The number of carbonyl (C=O) groups is 3. The number of hydrogen-bond acceptors (Lipinski definition) is 8. The van der Waals surface area contributed by atoms with Crippen molar-refractivity contribution in [1.82, 2.24) is 24.3 Å². The number of benzene rings is 2. The second-order valence-corrected chi connectivity index (χ2v) is 12.3. The minimum Gasteiger partial charge on any atom is -0.465 e. The first-order valence-corrected chi connectivity index (χ1v) is 16.3. The molecule has 2 aliphatic heterocycles. The number of rotatable bonds is 6. The topological polar surface area (TPSA) is 150 Å². The van der Waals surface area contributed by atoms with Gasteiger partial charge < -0.3 is 30.5 Å². The molecule has 2 aromatic carbocycles. The smallest absolute Gasteiger partial charge is 0.418 e. The molecule has 12 nitrogen and oxygen atoms in total. The quantitative estimate of drug-likeness (QED) is 0.248. The van der Waals surface area contributed by atoms with E-state index in [0.717, 1.165) is 17.5 Å². The average molecular weight is 701 g/mol. The van der Waals surface area contributed by atoms with Gasteiger partial charge in [0.25, 0.3) is 5.91 Å². The van der Waals surface area contributed by atoms with Gasteiger partial charge in [0.1, 0.15) is 5.69 Å². The summed E-state index contributed by atoms with van der Waals surface area (Å²) >= 11 is 0. The van der Waals surface area contributed by atoms with Gasteiger partial charge in [-0.25, -0.2) is 19.7 Å². The van der Waals surface area contributed by atoms with E-state index in [9.17, 15) is 32.7 Å². The van der Waals surface area contributed by atoms with Crippen LogP contribution in [0.4, 0.5) is 35.3 Å². The lowest BCUT2D eigenvalue weighted by molar-refractivity contribution is -0.137. The molecule has 3 amide bonds. The summed E-state index contributed by atoms with van der Waals surface area (Å²) in [4.78, 5) is 50.5. The van der Waals surface area contributed by atoms with E-state index in [1.807, 2.05) is 6.92 Å². The van der Waals surface area contributed by atoms with Crippen molar-refractivity contribution >= 4 is 35.2 Å². The highest BCUT2D eigenvalue weighted by Crippen LogP contribution is 2.39. The fourth-order valence-corrected chi connectivity index (χ4v) is 6.40. The first kappa shape index (κ1) is 35.0. The predicted molar refractivity (Wildman–Crippen MR) is 184 cm³/mol. The highest BCUT2D eigenvalue weighted by molar-refractivity contribution is 6.05. The van der Waals surface area contributed by atoms with Gasteiger partial charge in [-0.1, -0.05) is 30.9 Å². The summed E-state index contributed by atoms with van der Waals surface area (Å²) in [6.07, 6.45) is -4.25. The molecular formula is C36H35F3N8O4. The van der Waals surface area contributed by atoms with Crippen LogP contribution in [0.3, 0.4) is 0 Å². The monoisotopic (exact) mass is 700 g/mol. The number of nitrogens with zero attached hydrogens (tertiary/aromatic N) is 6. The second kappa shape index (κ2) is 14.2. The van der Waals surface area contributed by atoms with Gasteiger partial charge >= 0.3 is 12.3 Å². The Morgan fingerprint density at radius 3 is 2.51 bits per heavy atom. The van der Waals surface area contributed by atoms with Crippen LogP contribution in [0.5, 0.6) is 0 Å². The number of nitrogen functional groups attached to an aromatic ring is 1. The van der Waals surface area contributed by atoms with Crippen LogP contribution in [0.1, 0.15) is 45.2 Å². The third-order valence-electron chi connectivity index (χ3n) is 9.07. The number of alkyl halides is 3. The number of nitrogens with two attached hydrogens (primary N) is 1. The number of anilines is 3. The number of imide groups is 1. The predicted octanol–water partition coefficient (Wildman–Crippen LogP) is 4.48. The largest absolute Gasteiger partial charge is 0.465 e. The zero-order chi connectivity index (χ0) is 36.4. The maximum absolute atomic E-state index is 14.1. The molecule has 51 heavy (non-hydrogen) atoms. The van der Waals surface area contributed by atoms with Crippen molar-refractivity contribution in [3.8, 4) is 23.2 Å². The van der Waals surface area contributed by atoms with E-state index in [-0.39, 0.29) is 35.9 Å². The van der Waals surface area contributed by atoms with Crippen LogP contribution in [0.25, 0.3) is 11.4 Å². The summed E-state index contributed by atoms with van der Waals surface area (Å²) in [5.41, 5.74) is 8.56. The maximum Gasteiger partial charge on any atom is 0.418 e. The van der Waals surface area contributed by atoms with Crippen molar-refractivity contribution in [2.24, 2.45) is 7.05 Å². The standard InChI is InChI=1S/C36H35F3N8O4/c1-3-45-13-15-46(16-14-45)29-10-9-25(19-27(29)36(37,38)39)42-31(48)18-23-6-4-5-22(17-23)7-8-24-21-41-34(40)43-32(24)30-20-26-28(44(30)2)11-12-47(33(26)49)35(50)51/h4-6,9-10,17,19-21H,3,11-16,18H2,1-2H3,(H,42,48)(H,50,51)(H2,40,41,43). The van der Waals surface area contributed by atoms with Crippen LogP contribution in [-0.2, 0) is 30.9 Å². The molecule has 15 heteroatoms. The van der Waals surface area contributed by atoms with Gasteiger partial charge in [-0.15, -0.1) is 0 Å². The number of nitrogens with one attached hydrogen (secondary N) is 1. The number of fused-ring (bicyclic) bond motifs is 1. The van der Waals surface area contributed by atoms with Crippen molar-refractivity contribution in [3.05, 3.63) is 88.2 Å².